The minimum absolute atomic E-state index is 0.0906. The molecule has 1 aromatic heterocycles. The maximum Gasteiger partial charge on any atom is 0.265 e. The van der Waals surface area contributed by atoms with Crippen LogP contribution in [0.25, 0.3) is 0 Å². The fourth-order valence-electron chi connectivity index (χ4n) is 1.36. The predicted molar refractivity (Wildman–Crippen MR) is 65.9 cm³/mol. The van der Waals surface area contributed by atoms with Crippen LogP contribution in [-0.2, 0) is 10.0 Å². The lowest BCUT2D eigenvalue weighted by atomic mass is 10.3. The fraction of sp³-hybridized carbons (Fsp3) is 0. The molecule has 18 heavy (non-hydrogen) atoms. The van der Waals surface area contributed by atoms with Crippen molar-refractivity contribution in [2.45, 2.75) is 4.90 Å². The van der Waals surface area contributed by atoms with E-state index in [1.54, 1.807) is 0 Å². The number of hydrogen-bond donors (Lipinski definition) is 2. The Morgan fingerprint density at radius 2 is 1.83 bits per heavy atom. The molecule has 94 valence electrons. The maximum atomic E-state index is 12.7. The predicted octanol–water partition coefficient (Wildman–Crippen LogP) is 1.60. The highest BCUT2D eigenvalue weighted by atomic mass is 32.2. The Kier molecular flexibility index (Phi) is 3.15. The maximum absolute atomic E-state index is 12.7. The molecule has 3 N–H and O–H groups in total. The molecule has 0 bridgehead atoms. The zero-order chi connectivity index (χ0) is 13.2. The number of rotatable bonds is 3. The molecule has 0 radical (unpaired) electrons. The van der Waals surface area contributed by atoms with E-state index in [-0.39, 0.29) is 16.4 Å². The second kappa shape index (κ2) is 4.61. The first kappa shape index (κ1) is 12.3. The van der Waals surface area contributed by atoms with E-state index in [9.17, 15) is 12.8 Å². The first-order valence-electron chi connectivity index (χ1n) is 4.98. The second-order valence-corrected chi connectivity index (χ2v) is 5.15. The summed E-state index contributed by atoms with van der Waals surface area (Å²) < 4.78 is 39.0. The number of aromatic nitrogens is 1. The third kappa shape index (κ3) is 2.57. The number of nitrogen functional groups attached to an aromatic ring is 1. The third-order valence-corrected chi connectivity index (χ3v) is 3.61. The zero-order valence-corrected chi connectivity index (χ0v) is 9.99. The van der Waals surface area contributed by atoms with Crippen LogP contribution < -0.4 is 10.5 Å². The van der Waals surface area contributed by atoms with Crippen molar-refractivity contribution in [1.82, 2.24) is 4.98 Å². The van der Waals surface area contributed by atoms with Crippen LogP contribution in [0.1, 0.15) is 0 Å². The van der Waals surface area contributed by atoms with Crippen molar-refractivity contribution in [1.29, 1.82) is 0 Å². The normalized spacial score (nSPS) is 11.2. The first-order chi connectivity index (χ1) is 8.49. The average molecular weight is 267 g/mol. The molecule has 2 rings (SSSR count). The molecule has 5 nitrogen and oxygen atoms in total. The van der Waals surface area contributed by atoms with E-state index in [0.717, 1.165) is 12.1 Å². The quantitative estimate of drug-likeness (QED) is 0.884. The van der Waals surface area contributed by atoms with Gasteiger partial charge in [0.25, 0.3) is 10.0 Å². The van der Waals surface area contributed by atoms with Gasteiger partial charge >= 0.3 is 0 Å². The largest absolute Gasteiger partial charge is 0.383 e. The first-order valence-corrected chi connectivity index (χ1v) is 6.46. The molecule has 0 unspecified atom stereocenters. The summed E-state index contributed by atoms with van der Waals surface area (Å²) in [4.78, 5) is 3.58. The molecule has 7 heteroatoms. The van der Waals surface area contributed by atoms with E-state index in [0.29, 0.717) is 0 Å². The van der Waals surface area contributed by atoms with Crippen LogP contribution in [0.4, 0.5) is 15.9 Å². The van der Waals surface area contributed by atoms with E-state index < -0.39 is 15.8 Å². The van der Waals surface area contributed by atoms with Gasteiger partial charge in [0, 0.05) is 11.9 Å². The van der Waals surface area contributed by atoms with Crippen LogP contribution in [0.3, 0.4) is 0 Å². The number of halogens is 1. The summed E-state index contributed by atoms with van der Waals surface area (Å²) in [6.45, 7) is 0. The van der Waals surface area contributed by atoms with Gasteiger partial charge in [-0.1, -0.05) is 0 Å². The molecule has 0 saturated carbocycles. The van der Waals surface area contributed by atoms with E-state index in [2.05, 4.69) is 9.71 Å². The molecule has 0 aliphatic carbocycles. The van der Waals surface area contributed by atoms with Crippen molar-refractivity contribution in [3.8, 4) is 0 Å². The molecule has 1 aromatic carbocycles. The second-order valence-electron chi connectivity index (χ2n) is 3.50. The van der Waals surface area contributed by atoms with Gasteiger partial charge in [0.05, 0.1) is 0 Å². The fourth-order valence-corrected chi connectivity index (χ4v) is 2.50. The zero-order valence-electron chi connectivity index (χ0n) is 9.17. The van der Waals surface area contributed by atoms with E-state index in [1.807, 2.05) is 0 Å². The summed E-state index contributed by atoms with van der Waals surface area (Å²) in [6, 6.07) is 7.76. The van der Waals surface area contributed by atoms with Crippen LogP contribution in [0.2, 0.25) is 0 Å². The van der Waals surface area contributed by atoms with Crippen LogP contribution in [0, 0.1) is 5.82 Å². The van der Waals surface area contributed by atoms with E-state index in [4.69, 9.17) is 5.73 Å². The van der Waals surface area contributed by atoms with Crippen LogP contribution in [0.5, 0.6) is 0 Å². The van der Waals surface area contributed by atoms with Crippen molar-refractivity contribution in [2.24, 2.45) is 0 Å². The van der Waals surface area contributed by atoms with Crippen molar-refractivity contribution in [3.63, 3.8) is 0 Å². The topological polar surface area (TPSA) is 85.1 Å². The lowest BCUT2D eigenvalue weighted by molar-refractivity contribution is 0.601. The number of anilines is 2. The van der Waals surface area contributed by atoms with E-state index >= 15 is 0 Å². The smallest absolute Gasteiger partial charge is 0.265 e. The van der Waals surface area contributed by atoms with Crippen molar-refractivity contribution < 1.29 is 12.8 Å². The standard InChI is InChI=1S/C11H10FN3O2S/c12-8-3-5-9(6-4-8)15-18(16,17)10-2-1-7-14-11(10)13/h1-7,15H,(H2,13,14). The summed E-state index contributed by atoms with van der Waals surface area (Å²) in [5.41, 5.74) is 5.74. The Balaban J connectivity index is 2.33. The summed E-state index contributed by atoms with van der Waals surface area (Å²) in [7, 11) is -3.82. The number of nitrogens with two attached hydrogens (primary N) is 1. The van der Waals surface area contributed by atoms with Gasteiger partial charge < -0.3 is 5.73 Å². The highest BCUT2D eigenvalue weighted by Crippen LogP contribution is 2.19. The Hall–Kier alpha value is -2.15. The highest BCUT2D eigenvalue weighted by molar-refractivity contribution is 7.92. The molecule has 0 spiro atoms. The van der Waals surface area contributed by atoms with E-state index in [1.165, 1.54) is 30.5 Å². The lowest BCUT2D eigenvalue weighted by Gasteiger charge is -2.09. The van der Waals surface area contributed by atoms with Gasteiger partial charge in [-0.3, -0.25) is 4.72 Å². The lowest BCUT2D eigenvalue weighted by Crippen LogP contribution is -2.15. The molecule has 0 aliphatic rings. The molecule has 1 heterocycles. The van der Waals surface area contributed by atoms with Crippen molar-refractivity contribution in [2.75, 3.05) is 10.5 Å². The minimum Gasteiger partial charge on any atom is -0.383 e. The molecule has 0 aliphatic heterocycles. The molecule has 0 amide bonds. The molecule has 0 fully saturated rings. The minimum atomic E-state index is -3.82. The van der Waals surface area contributed by atoms with Crippen LogP contribution in [0.15, 0.2) is 47.5 Å². The Bertz CT molecular complexity index is 656. The Morgan fingerprint density at radius 3 is 2.44 bits per heavy atom. The SMILES string of the molecule is Nc1ncccc1S(=O)(=O)Nc1ccc(F)cc1. The Morgan fingerprint density at radius 1 is 1.17 bits per heavy atom. The average Bonchev–Trinajstić information content (AvgIpc) is 2.32. The van der Waals surface area contributed by atoms with Gasteiger partial charge in [0.1, 0.15) is 16.5 Å². The molecule has 0 atom stereocenters. The van der Waals surface area contributed by atoms with Crippen molar-refractivity contribution in [3.05, 3.63) is 48.4 Å². The van der Waals surface area contributed by atoms with Crippen LogP contribution in [-0.4, -0.2) is 13.4 Å². The van der Waals surface area contributed by atoms with Gasteiger partial charge in [-0.05, 0) is 36.4 Å². The number of pyridine rings is 1. The van der Waals surface area contributed by atoms with Gasteiger partial charge in [-0.15, -0.1) is 0 Å². The molecule has 2 aromatic rings. The van der Waals surface area contributed by atoms with Crippen molar-refractivity contribution >= 4 is 21.5 Å². The molecular formula is C11H10FN3O2S. The number of hydrogen-bond acceptors (Lipinski definition) is 4. The summed E-state index contributed by atoms with van der Waals surface area (Å²) in [6.07, 6.45) is 1.40. The number of nitrogens with zero attached hydrogens (tertiary/aromatic N) is 1. The van der Waals surface area contributed by atoms with Crippen LogP contribution >= 0.6 is 0 Å². The van der Waals surface area contributed by atoms with Gasteiger partial charge in [0.15, 0.2) is 0 Å². The number of benzene rings is 1. The highest BCUT2D eigenvalue weighted by Gasteiger charge is 2.17. The number of nitrogens with one attached hydrogen (secondary N) is 1. The van der Waals surface area contributed by atoms with Gasteiger partial charge in [0.2, 0.25) is 0 Å². The molecular weight excluding hydrogens is 257 g/mol. The monoisotopic (exact) mass is 267 g/mol. The van der Waals surface area contributed by atoms with Gasteiger partial charge in [-0.2, -0.15) is 0 Å². The summed E-state index contributed by atoms with van der Waals surface area (Å²) >= 11 is 0. The third-order valence-electron chi connectivity index (χ3n) is 2.19. The summed E-state index contributed by atoms with van der Waals surface area (Å²) in [5, 5.41) is 0. The Labute approximate surface area is 104 Å². The summed E-state index contributed by atoms with van der Waals surface area (Å²) in [5.74, 6) is -0.536. The molecule has 0 saturated heterocycles. The number of sulfonamides is 1. The van der Waals surface area contributed by atoms with Gasteiger partial charge in [-0.25, -0.2) is 17.8 Å².